The van der Waals surface area contributed by atoms with Gasteiger partial charge in [-0.2, -0.15) is 0 Å². The summed E-state index contributed by atoms with van der Waals surface area (Å²) in [7, 11) is 2.01. The summed E-state index contributed by atoms with van der Waals surface area (Å²) in [6, 6.07) is 14.5. The van der Waals surface area contributed by atoms with Crippen molar-refractivity contribution in [2.45, 2.75) is 6.54 Å². The summed E-state index contributed by atoms with van der Waals surface area (Å²) in [6.45, 7) is 3.76. The smallest absolute Gasteiger partial charge is 0.321 e. The van der Waals surface area contributed by atoms with E-state index in [4.69, 9.17) is 0 Å². The number of piperazine rings is 1. The van der Waals surface area contributed by atoms with E-state index in [1.807, 2.05) is 54.5 Å². The molecule has 1 fully saturated rings. The van der Waals surface area contributed by atoms with Crippen molar-refractivity contribution in [1.82, 2.24) is 14.4 Å². The van der Waals surface area contributed by atoms with Gasteiger partial charge in [-0.3, -0.25) is 4.90 Å². The molecule has 3 aromatic rings. The van der Waals surface area contributed by atoms with Gasteiger partial charge < -0.3 is 14.8 Å². The first kappa shape index (κ1) is 17.5. The fourth-order valence-corrected chi connectivity index (χ4v) is 3.52. The number of benzene rings is 2. The lowest BCUT2D eigenvalue weighted by Crippen LogP contribution is -2.49. The molecule has 1 N–H and O–H groups in total. The van der Waals surface area contributed by atoms with Crippen molar-refractivity contribution in [3.63, 3.8) is 0 Å². The minimum atomic E-state index is -0.214. The Balaban J connectivity index is 1.31. The van der Waals surface area contributed by atoms with Gasteiger partial charge in [0.25, 0.3) is 0 Å². The van der Waals surface area contributed by atoms with Crippen LogP contribution in [0.4, 0.5) is 14.9 Å². The number of fused-ring (bicyclic) bond motifs is 1. The summed E-state index contributed by atoms with van der Waals surface area (Å²) in [5.74, 6) is -0.214. The van der Waals surface area contributed by atoms with E-state index in [1.54, 1.807) is 0 Å². The first-order valence-corrected chi connectivity index (χ1v) is 9.16. The highest BCUT2D eigenvalue weighted by Crippen LogP contribution is 2.20. The van der Waals surface area contributed by atoms with Crippen molar-refractivity contribution < 1.29 is 9.18 Å². The summed E-state index contributed by atoms with van der Waals surface area (Å²) in [6.07, 6.45) is 2.01. The number of carbonyl (C=O) groups excluding carboxylic acids is 1. The van der Waals surface area contributed by atoms with Gasteiger partial charge in [0.05, 0.1) is 0 Å². The number of aromatic nitrogens is 1. The molecule has 0 atom stereocenters. The molecule has 5 nitrogen and oxygen atoms in total. The number of carbonyl (C=O) groups is 1. The lowest BCUT2D eigenvalue weighted by atomic mass is 10.2. The lowest BCUT2D eigenvalue weighted by molar-refractivity contribution is 0.143. The van der Waals surface area contributed by atoms with Crippen molar-refractivity contribution in [3.05, 3.63) is 66.1 Å². The summed E-state index contributed by atoms with van der Waals surface area (Å²) in [5.41, 5.74) is 3.04. The second-order valence-electron chi connectivity index (χ2n) is 7.02. The molecule has 1 saturated heterocycles. The third kappa shape index (κ3) is 3.95. The molecule has 1 aliphatic heterocycles. The van der Waals surface area contributed by atoms with Gasteiger partial charge >= 0.3 is 6.03 Å². The van der Waals surface area contributed by atoms with E-state index >= 15 is 0 Å². The van der Waals surface area contributed by atoms with Gasteiger partial charge in [-0.1, -0.05) is 12.1 Å². The van der Waals surface area contributed by atoms with Crippen molar-refractivity contribution in [2.75, 3.05) is 31.5 Å². The highest BCUT2D eigenvalue weighted by Gasteiger charge is 2.21. The van der Waals surface area contributed by atoms with Gasteiger partial charge in [-0.15, -0.1) is 0 Å². The molecule has 0 unspecified atom stereocenters. The van der Waals surface area contributed by atoms with Crippen LogP contribution in [-0.4, -0.2) is 46.6 Å². The van der Waals surface area contributed by atoms with E-state index in [0.717, 1.165) is 41.8 Å². The predicted octanol–water partition coefficient (Wildman–Crippen LogP) is 3.67. The number of urea groups is 1. The molecular weight excluding hydrogens is 343 g/mol. The minimum absolute atomic E-state index is 0.0632. The third-order valence-electron chi connectivity index (χ3n) is 5.12. The fraction of sp³-hybridized carbons (Fsp3) is 0.286. The van der Waals surface area contributed by atoms with E-state index in [0.29, 0.717) is 13.1 Å². The maximum atomic E-state index is 13.0. The van der Waals surface area contributed by atoms with Crippen LogP contribution < -0.4 is 5.32 Å². The van der Waals surface area contributed by atoms with Gasteiger partial charge in [-0.05, 0) is 42.0 Å². The van der Waals surface area contributed by atoms with Crippen LogP contribution in [0.5, 0.6) is 0 Å². The van der Waals surface area contributed by atoms with Gasteiger partial charge in [0.15, 0.2) is 0 Å². The zero-order valence-corrected chi connectivity index (χ0v) is 15.4. The Morgan fingerprint density at radius 3 is 2.52 bits per heavy atom. The van der Waals surface area contributed by atoms with Crippen molar-refractivity contribution in [2.24, 2.45) is 7.05 Å². The van der Waals surface area contributed by atoms with Gasteiger partial charge in [-0.25, -0.2) is 9.18 Å². The molecule has 2 aromatic carbocycles. The van der Waals surface area contributed by atoms with E-state index in [9.17, 15) is 9.18 Å². The van der Waals surface area contributed by atoms with Crippen LogP contribution in [0, 0.1) is 5.82 Å². The fourth-order valence-electron chi connectivity index (χ4n) is 3.52. The highest BCUT2D eigenvalue weighted by atomic mass is 19.1. The van der Waals surface area contributed by atoms with Crippen LogP contribution in [0.1, 0.15) is 5.56 Å². The molecule has 0 aliphatic carbocycles. The maximum absolute atomic E-state index is 13.0. The number of nitrogens with zero attached hydrogens (tertiary/aromatic N) is 3. The quantitative estimate of drug-likeness (QED) is 0.768. The van der Waals surface area contributed by atoms with E-state index < -0.39 is 0 Å². The average molecular weight is 366 g/mol. The number of anilines is 1. The van der Waals surface area contributed by atoms with Crippen LogP contribution in [0.3, 0.4) is 0 Å². The number of amides is 2. The average Bonchev–Trinajstić information content (AvgIpc) is 3.04. The number of rotatable bonds is 3. The molecule has 6 heteroatoms. The van der Waals surface area contributed by atoms with E-state index in [1.165, 1.54) is 12.1 Å². The standard InChI is InChI=1S/C21H23FN4O/c1-24-9-8-17-14-19(6-7-20(17)24)23-21(27)26-12-10-25(11-13-26)15-16-2-4-18(22)5-3-16/h2-9,14H,10-13,15H2,1H3,(H,23,27). The normalized spacial score (nSPS) is 15.3. The first-order valence-electron chi connectivity index (χ1n) is 9.16. The van der Waals surface area contributed by atoms with E-state index in [-0.39, 0.29) is 11.8 Å². The Labute approximate surface area is 158 Å². The molecule has 140 valence electrons. The molecule has 4 rings (SSSR count). The molecule has 2 amide bonds. The Hall–Kier alpha value is -2.86. The topological polar surface area (TPSA) is 40.5 Å². The zero-order valence-electron chi connectivity index (χ0n) is 15.4. The van der Waals surface area contributed by atoms with Crippen molar-refractivity contribution in [3.8, 4) is 0 Å². The number of nitrogens with one attached hydrogen (secondary N) is 1. The predicted molar refractivity (Wildman–Crippen MR) is 105 cm³/mol. The largest absolute Gasteiger partial charge is 0.351 e. The molecule has 0 spiro atoms. The molecule has 27 heavy (non-hydrogen) atoms. The molecular formula is C21H23FN4O. The summed E-state index contributed by atoms with van der Waals surface area (Å²) in [5, 5.41) is 4.11. The van der Waals surface area contributed by atoms with Crippen molar-refractivity contribution >= 4 is 22.6 Å². The number of aryl methyl sites for hydroxylation is 1. The number of hydrogen-bond donors (Lipinski definition) is 1. The van der Waals surface area contributed by atoms with Crippen LogP contribution >= 0.6 is 0 Å². The molecule has 0 bridgehead atoms. The number of hydrogen-bond acceptors (Lipinski definition) is 2. The third-order valence-corrected chi connectivity index (χ3v) is 5.12. The van der Waals surface area contributed by atoms with Gasteiger partial charge in [0.2, 0.25) is 0 Å². The monoisotopic (exact) mass is 366 g/mol. The second kappa shape index (κ2) is 7.40. The van der Waals surface area contributed by atoms with Crippen LogP contribution in [-0.2, 0) is 13.6 Å². The Bertz CT molecular complexity index is 942. The summed E-state index contributed by atoms with van der Waals surface area (Å²) >= 11 is 0. The SMILES string of the molecule is Cn1ccc2cc(NC(=O)N3CCN(Cc4ccc(F)cc4)CC3)ccc21. The van der Waals surface area contributed by atoms with Crippen LogP contribution in [0.15, 0.2) is 54.7 Å². The van der Waals surface area contributed by atoms with Crippen molar-refractivity contribution in [1.29, 1.82) is 0 Å². The number of halogens is 1. The van der Waals surface area contributed by atoms with E-state index in [2.05, 4.69) is 14.8 Å². The molecule has 1 aromatic heterocycles. The maximum Gasteiger partial charge on any atom is 0.321 e. The van der Waals surface area contributed by atoms with Gasteiger partial charge in [0.1, 0.15) is 5.82 Å². The first-order chi connectivity index (χ1) is 13.1. The Kier molecular flexibility index (Phi) is 4.81. The molecule has 0 radical (unpaired) electrons. The molecule has 0 saturated carbocycles. The summed E-state index contributed by atoms with van der Waals surface area (Å²) in [4.78, 5) is 16.7. The van der Waals surface area contributed by atoms with Gasteiger partial charge in [0, 0.05) is 62.6 Å². The second-order valence-corrected chi connectivity index (χ2v) is 7.02. The highest BCUT2D eigenvalue weighted by molar-refractivity contribution is 5.93. The molecule has 1 aliphatic rings. The lowest BCUT2D eigenvalue weighted by Gasteiger charge is -2.34. The minimum Gasteiger partial charge on any atom is -0.351 e. The molecule has 2 heterocycles. The Morgan fingerprint density at radius 1 is 1.04 bits per heavy atom. The Morgan fingerprint density at radius 2 is 1.78 bits per heavy atom. The van der Waals surface area contributed by atoms with Crippen LogP contribution in [0.25, 0.3) is 10.9 Å². The zero-order chi connectivity index (χ0) is 18.8. The van der Waals surface area contributed by atoms with Crippen LogP contribution in [0.2, 0.25) is 0 Å². The summed E-state index contributed by atoms with van der Waals surface area (Å²) < 4.78 is 15.1.